The van der Waals surface area contributed by atoms with Gasteiger partial charge in [-0.25, -0.2) is 9.98 Å². The maximum Gasteiger partial charge on any atom is 0.161 e. The number of fused-ring (bicyclic) bond motifs is 13. The Kier molecular flexibility index (Phi) is 7.75. The average Bonchev–Trinajstić information content (AvgIpc) is 3.83. The van der Waals surface area contributed by atoms with Crippen molar-refractivity contribution in [3.05, 3.63) is 210 Å². The fraction of sp³-hybridized carbons (Fsp3) is 0.0377. The van der Waals surface area contributed by atoms with E-state index in [1.807, 2.05) is 36.4 Å². The first kappa shape index (κ1) is 33.0. The van der Waals surface area contributed by atoms with E-state index in [0.717, 1.165) is 50.5 Å². The van der Waals surface area contributed by atoms with Crippen molar-refractivity contribution >= 4 is 72.5 Å². The molecule has 0 amide bonds. The second-order valence-electron chi connectivity index (χ2n) is 14.8. The fourth-order valence-corrected chi connectivity index (χ4v) is 9.11. The van der Waals surface area contributed by atoms with Crippen molar-refractivity contribution in [3.8, 4) is 16.8 Å². The Morgan fingerprint density at radius 2 is 1.14 bits per heavy atom. The molecule has 0 N–H and O–H groups in total. The summed E-state index contributed by atoms with van der Waals surface area (Å²) in [6, 6.07) is 64.9. The minimum absolute atomic E-state index is 0.457. The Hall–Kier alpha value is -7.43. The van der Waals surface area contributed by atoms with E-state index in [-0.39, 0.29) is 0 Å². The molecule has 9 aromatic carbocycles. The number of aliphatic imine (C=N–C) groups is 3. The zero-order chi connectivity index (χ0) is 37.9. The lowest BCUT2D eigenvalue weighted by Crippen LogP contribution is -2.08. The summed E-state index contributed by atoms with van der Waals surface area (Å²) in [4.78, 5) is 15.2. The Labute approximate surface area is 330 Å². The van der Waals surface area contributed by atoms with E-state index in [4.69, 9.17) is 9.98 Å². The van der Waals surface area contributed by atoms with E-state index < -0.39 is 0 Å². The Balaban J connectivity index is 1.27. The monoisotopic (exact) mass is 728 g/mol. The summed E-state index contributed by atoms with van der Waals surface area (Å²) < 4.78 is 2.45. The lowest BCUT2D eigenvalue weighted by atomic mass is 9.90. The summed E-state index contributed by atoms with van der Waals surface area (Å²) in [5.74, 6) is 1.13. The number of aromatic nitrogens is 1. The lowest BCUT2D eigenvalue weighted by molar-refractivity contribution is 1.06. The number of rotatable bonds is 5. The first-order chi connectivity index (χ1) is 28.2. The summed E-state index contributed by atoms with van der Waals surface area (Å²) in [6.45, 7) is 4.44. The van der Waals surface area contributed by atoms with Crippen LogP contribution >= 0.6 is 0 Å². The van der Waals surface area contributed by atoms with Gasteiger partial charge in [0.05, 0.1) is 17.6 Å². The molecule has 1 aliphatic carbocycles. The second kappa shape index (κ2) is 13.4. The van der Waals surface area contributed by atoms with Crippen LogP contribution in [0, 0.1) is 0 Å². The molecule has 0 spiro atoms. The van der Waals surface area contributed by atoms with E-state index >= 15 is 0 Å². The van der Waals surface area contributed by atoms with Gasteiger partial charge in [0.2, 0.25) is 0 Å². The van der Waals surface area contributed by atoms with E-state index in [1.165, 1.54) is 54.7 Å². The number of nitrogens with zero attached hydrogens (tertiary/aromatic N) is 4. The van der Waals surface area contributed by atoms with Crippen LogP contribution in [0.4, 0.5) is 0 Å². The van der Waals surface area contributed by atoms with Crippen LogP contribution in [-0.2, 0) is 13.0 Å². The molecule has 0 fully saturated rings. The van der Waals surface area contributed by atoms with Crippen molar-refractivity contribution in [2.24, 2.45) is 15.0 Å². The highest BCUT2D eigenvalue weighted by Crippen LogP contribution is 2.45. The molecule has 1 aliphatic rings. The van der Waals surface area contributed by atoms with Crippen LogP contribution in [0.1, 0.15) is 27.8 Å². The average molecular weight is 729 g/mol. The van der Waals surface area contributed by atoms with Crippen LogP contribution in [-0.4, -0.2) is 23.0 Å². The molecule has 57 heavy (non-hydrogen) atoms. The van der Waals surface area contributed by atoms with Crippen molar-refractivity contribution in [1.82, 2.24) is 4.57 Å². The first-order valence-electron chi connectivity index (χ1n) is 19.5. The molecule has 0 saturated heterocycles. The third-order valence-corrected chi connectivity index (χ3v) is 11.6. The molecule has 10 aromatic rings. The molecule has 0 atom stereocenters. The molecule has 268 valence electrons. The smallest absolute Gasteiger partial charge is 0.161 e. The Morgan fingerprint density at radius 3 is 1.91 bits per heavy atom. The van der Waals surface area contributed by atoms with E-state index in [1.54, 1.807) is 0 Å². The quantitative estimate of drug-likeness (QED) is 0.0962. The zero-order valence-electron chi connectivity index (χ0n) is 31.2. The SMILES string of the molecule is C=NC(=NC(=NCc1ccccc1)c1cc(-n2c3ccccc3c3c4c(ccc32)-c2ccccc2C4)cc2c3ccccc3c3ccccc3c12)c1ccccc1. The van der Waals surface area contributed by atoms with Crippen molar-refractivity contribution in [1.29, 1.82) is 0 Å². The molecule has 1 aromatic heterocycles. The van der Waals surface area contributed by atoms with Gasteiger partial charge in [0, 0.05) is 33.0 Å². The van der Waals surface area contributed by atoms with E-state index in [9.17, 15) is 0 Å². The summed E-state index contributed by atoms with van der Waals surface area (Å²) in [5.41, 5.74) is 11.8. The minimum atomic E-state index is 0.457. The Bertz CT molecular complexity index is 3300. The molecular formula is C53H36N4. The molecule has 0 saturated carbocycles. The number of hydrogen-bond acceptors (Lipinski definition) is 1. The molecular weight excluding hydrogens is 693 g/mol. The fourth-order valence-electron chi connectivity index (χ4n) is 9.11. The van der Waals surface area contributed by atoms with Gasteiger partial charge >= 0.3 is 0 Å². The van der Waals surface area contributed by atoms with Crippen LogP contribution in [0.25, 0.3) is 70.9 Å². The van der Waals surface area contributed by atoms with E-state index in [0.29, 0.717) is 18.2 Å². The topological polar surface area (TPSA) is 42.0 Å². The van der Waals surface area contributed by atoms with Crippen LogP contribution in [0.15, 0.2) is 197 Å². The van der Waals surface area contributed by atoms with Gasteiger partial charge in [-0.1, -0.05) is 158 Å². The van der Waals surface area contributed by atoms with Crippen LogP contribution in [0.5, 0.6) is 0 Å². The highest BCUT2D eigenvalue weighted by Gasteiger charge is 2.25. The third kappa shape index (κ3) is 5.33. The zero-order valence-corrected chi connectivity index (χ0v) is 31.2. The highest BCUT2D eigenvalue weighted by molar-refractivity contribution is 6.31. The molecule has 1 heterocycles. The summed E-state index contributed by atoms with van der Waals surface area (Å²) in [7, 11) is 0. The molecule has 0 bridgehead atoms. The lowest BCUT2D eigenvalue weighted by Gasteiger charge is -2.18. The van der Waals surface area contributed by atoms with Gasteiger partial charge in [0.15, 0.2) is 11.7 Å². The number of amidine groups is 2. The number of hydrogen-bond donors (Lipinski definition) is 0. The minimum Gasteiger partial charge on any atom is -0.309 e. The standard InChI is InChI=1S/C53H36N4/c1-54-52(35-18-6-3-7-19-35)56-53(55-33-34-16-4-2-5-17-34)47-32-37(31-46-41-24-11-10-22-39(41)40-23-12-13-25-43(40)50(46)47)57-48-27-15-14-26-44(48)51-45-30-36-20-8-9-21-38(36)42(45)28-29-49(51)57/h2-29,31-32H,1,30,33H2. The van der Waals surface area contributed by atoms with Crippen LogP contribution in [0.3, 0.4) is 0 Å². The summed E-state index contributed by atoms with van der Waals surface area (Å²) in [5, 5.41) is 9.55. The summed E-state index contributed by atoms with van der Waals surface area (Å²) >= 11 is 0. The third-order valence-electron chi connectivity index (χ3n) is 11.6. The molecule has 4 heteroatoms. The van der Waals surface area contributed by atoms with Gasteiger partial charge in [0.1, 0.15) is 0 Å². The van der Waals surface area contributed by atoms with Gasteiger partial charge in [-0.2, -0.15) is 0 Å². The molecule has 11 rings (SSSR count). The summed E-state index contributed by atoms with van der Waals surface area (Å²) in [6.07, 6.45) is 0.915. The predicted octanol–water partition coefficient (Wildman–Crippen LogP) is 12.9. The number of para-hydroxylation sites is 1. The van der Waals surface area contributed by atoms with Crippen molar-refractivity contribution in [2.75, 3.05) is 0 Å². The largest absolute Gasteiger partial charge is 0.309 e. The van der Waals surface area contributed by atoms with Crippen molar-refractivity contribution < 1.29 is 0 Å². The van der Waals surface area contributed by atoms with E-state index in [2.05, 4.69) is 162 Å². The van der Waals surface area contributed by atoms with Crippen LogP contribution < -0.4 is 0 Å². The number of benzene rings is 9. The van der Waals surface area contributed by atoms with Gasteiger partial charge in [0.25, 0.3) is 0 Å². The molecule has 4 nitrogen and oxygen atoms in total. The van der Waals surface area contributed by atoms with Crippen LogP contribution in [0.2, 0.25) is 0 Å². The normalized spacial score (nSPS) is 12.8. The highest BCUT2D eigenvalue weighted by atomic mass is 15.0. The molecule has 0 unspecified atom stereocenters. The second-order valence-corrected chi connectivity index (χ2v) is 14.8. The molecule has 0 aliphatic heterocycles. The van der Waals surface area contributed by atoms with Gasteiger partial charge in [-0.3, -0.25) is 4.99 Å². The van der Waals surface area contributed by atoms with Gasteiger partial charge < -0.3 is 4.57 Å². The molecule has 0 radical (unpaired) electrons. The maximum atomic E-state index is 5.36. The van der Waals surface area contributed by atoms with Gasteiger partial charge in [-0.15, -0.1) is 0 Å². The van der Waals surface area contributed by atoms with Crippen molar-refractivity contribution in [2.45, 2.75) is 13.0 Å². The predicted molar refractivity (Wildman–Crippen MR) is 241 cm³/mol. The Morgan fingerprint density at radius 1 is 0.509 bits per heavy atom. The van der Waals surface area contributed by atoms with Gasteiger partial charge in [-0.05, 0) is 92.2 Å². The maximum absolute atomic E-state index is 5.36. The first-order valence-corrected chi connectivity index (χ1v) is 19.5. The van der Waals surface area contributed by atoms with Crippen molar-refractivity contribution in [3.63, 3.8) is 0 Å².